The summed E-state index contributed by atoms with van der Waals surface area (Å²) in [6, 6.07) is 0. The van der Waals surface area contributed by atoms with E-state index in [0.29, 0.717) is 6.61 Å². The summed E-state index contributed by atoms with van der Waals surface area (Å²) in [4.78, 5) is 12.7. The van der Waals surface area contributed by atoms with Gasteiger partial charge in [-0.25, -0.2) is 4.79 Å². The molecule has 0 heterocycles. The fraction of sp³-hybridized carbons (Fsp3) is 0.364. The van der Waals surface area contributed by atoms with Gasteiger partial charge in [-0.15, -0.1) is 0 Å². The van der Waals surface area contributed by atoms with Crippen molar-refractivity contribution >= 4 is 5.97 Å². The second-order valence-corrected chi connectivity index (χ2v) is 2.80. The fourth-order valence-electron chi connectivity index (χ4n) is 0.675. The van der Waals surface area contributed by atoms with Crippen LogP contribution in [0.25, 0.3) is 0 Å². The number of hydrogen-bond acceptors (Lipinski definition) is 3. The molecule has 0 bridgehead atoms. The zero-order chi connectivity index (χ0) is 10.8. The number of nitrogens with zero attached hydrogens (tertiary/aromatic N) is 1. The molecule has 0 radical (unpaired) electrons. The Kier molecular flexibility index (Phi) is 7.23. The molecule has 3 nitrogen and oxygen atoms in total. The minimum Gasteiger partial charge on any atom is -0.463 e. The zero-order valence-electron chi connectivity index (χ0n) is 8.93. The van der Waals surface area contributed by atoms with Crippen LogP contribution in [-0.4, -0.2) is 31.6 Å². The second kappa shape index (κ2) is 8.10. The van der Waals surface area contributed by atoms with E-state index < -0.39 is 0 Å². The average Bonchev–Trinajstić information content (AvgIpc) is 2.11. The Morgan fingerprint density at radius 3 is 2.43 bits per heavy atom. The Morgan fingerprint density at radius 1 is 1.21 bits per heavy atom. The zero-order valence-corrected chi connectivity index (χ0v) is 8.93. The Labute approximate surface area is 85.4 Å². The van der Waals surface area contributed by atoms with E-state index in [9.17, 15) is 4.79 Å². The Balaban J connectivity index is 3.75. The quantitative estimate of drug-likeness (QED) is 0.380. The number of esters is 1. The van der Waals surface area contributed by atoms with Gasteiger partial charge in [0.2, 0.25) is 0 Å². The lowest BCUT2D eigenvalue weighted by molar-refractivity contribution is -0.137. The highest BCUT2D eigenvalue weighted by Crippen LogP contribution is 1.84. The lowest BCUT2D eigenvalue weighted by atomic mass is 10.4. The van der Waals surface area contributed by atoms with Crippen molar-refractivity contribution in [2.75, 3.05) is 20.7 Å². The van der Waals surface area contributed by atoms with Gasteiger partial charge in [0.25, 0.3) is 0 Å². The van der Waals surface area contributed by atoms with Crippen molar-refractivity contribution in [3.8, 4) is 0 Å². The topological polar surface area (TPSA) is 29.5 Å². The van der Waals surface area contributed by atoms with Crippen molar-refractivity contribution in [2.24, 2.45) is 0 Å². The molecule has 0 aliphatic carbocycles. The Hall–Kier alpha value is -1.51. The number of rotatable bonds is 5. The number of ether oxygens (including phenoxy) is 1. The molecule has 0 fully saturated rings. The van der Waals surface area contributed by atoms with Crippen molar-refractivity contribution in [3.63, 3.8) is 0 Å². The molecule has 0 amide bonds. The van der Waals surface area contributed by atoms with Crippen LogP contribution in [0.5, 0.6) is 0 Å². The van der Waals surface area contributed by atoms with Crippen LogP contribution in [0.2, 0.25) is 0 Å². The molecule has 0 N–H and O–H groups in total. The molecular formula is C11H17NO2. The summed E-state index contributed by atoms with van der Waals surface area (Å²) in [5, 5.41) is 0. The van der Waals surface area contributed by atoms with Gasteiger partial charge in [-0.05, 0) is 19.2 Å². The van der Waals surface area contributed by atoms with Crippen molar-refractivity contribution in [3.05, 3.63) is 36.6 Å². The number of allylic oxidation sites excluding steroid dienone is 4. The Morgan fingerprint density at radius 2 is 1.86 bits per heavy atom. The van der Waals surface area contributed by atoms with E-state index in [1.807, 2.05) is 37.3 Å². The lowest BCUT2D eigenvalue weighted by Crippen LogP contribution is -1.99. The summed E-state index contributed by atoms with van der Waals surface area (Å²) in [5.74, 6) is -0.311. The van der Waals surface area contributed by atoms with Crippen LogP contribution in [0.15, 0.2) is 36.6 Å². The maximum Gasteiger partial charge on any atom is 0.330 e. The molecule has 0 aliphatic rings. The van der Waals surface area contributed by atoms with Crippen LogP contribution in [0.4, 0.5) is 0 Å². The van der Waals surface area contributed by atoms with Gasteiger partial charge in [0.05, 0.1) is 6.61 Å². The van der Waals surface area contributed by atoms with Crippen molar-refractivity contribution in [2.45, 2.75) is 6.92 Å². The summed E-state index contributed by atoms with van der Waals surface area (Å²) < 4.78 is 4.70. The third-order valence-electron chi connectivity index (χ3n) is 1.24. The Bertz CT molecular complexity index is 240. The van der Waals surface area contributed by atoms with Crippen molar-refractivity contribution in [1.82, 2.24) is 4.90 Å². The van der Waals surface area contributed by atoms with Crippen LogP contribution >= 0.6 is 0 Å². The third-order valence-corrected chi connectivity index (χ3v) is 1.24. The maximum absolute atomic E-state index is 10.8. The molecule has 0 atom stereocenters. The van der Waals surface area contributed by atoms with E-state index in [-0.39, 0.29) is 5.97 Å². The van der Waals surface area contributed by atoms with Crippen LogP contribution in [0.1, 0.15) is 6.92 Å². The number of carbonyl (C=O) groups is 1. The first kappa shape index (κ1) is 12.5. The van der Waals surface area contributed by atoms with Gasteiger partial charge in [0.15, 0.2) is 0 Å². The largest absolute Gasteiger partial charge is 0.463 e. The smallest absolute Gasteiger partial charge is 0.330 e. The summed E-state index contributed by atoms with van der Waals surface area (Å²) in [6.07, 6.45) is 10.5. The van der Waals surface area contributed by atoms with Gasteiger partial charge >= 0.3 is 5.97 Å². The molecule has 0 unspecified atom stereocenters. The fourth-order valence-corrected chi connectivity index (χ4v) is 0.675. The van der Waals surface area contributed by atoms with E-state index >= 15 is 0 Å². The molecule has 0 aromatic carbocycles. The summed E-state index contributed by atoms with van der Waals surface area (Å²) in [5.41, 5.74) is 0. The molecule has 3 heteroatoms. The predicted molar refractivity (Wildman–Crippen MR) is 57.7 cm³/mol. The van der Waals surface area contributed by atoms with Gasteiger partial charge in [-0.3, -0.25) is 0 Å². The lowest BCUT2D eigenvalue weighted by Gasteiger charge is -2.00. The summed E-state index contributed by atoms with van der Waals surface area (Å²) in [7, 11) is 3.89. The van der Waals surface area contributed by atoms with Gasteiger partial charge in [-0.1, -0.05) is 18.2 Å². The van der Waals surface area contributed by atoms with E-state index in [2.05, 4.69) is 0 Å². The molecule has 0 rings (SSSR count). The standard InChI is InChI=1S/C11H17NO2/c1-4-14-11(13)9-7-5-6-8-10-12(2)3/h5-10H,4H2,1-3H3. The minimum absolute atomic E-state index is 0.311. The first-order valence-electron chi connectivity index (χ1n) is 4.51. The minimum atomic E-state index is -0.311. The SMILES string of the molecule is CCOC(=O)C=CC=CC=CN(C)C. The molecule has 0 aliphatic heterocycles. The molecule has 78 valence electrons. The number of hydrogen-bond donors (Lipinski definition) is 0. The van der Waals surface area contributed by atoms with Crippen molar-refractivity contribution in [1.29, 1.82) is 0 Å². The van der Waals surface area contributed by atoms with Gasteiger partial charge in [-0.2, -0.15) is 0 Å². The second-order valence-electron chi connectivity index (χ2n) is 2.80. The van der Waals surface area contributed by atoms with E-state index in [4.69, 9.17) is 4.74 Å². The first-order chi connectivity index (χ1) is 6.66. The summed E-state index contributed by atoms with van der Waals surface area (Å²) in [6.45, 7) is 2.19. The monoisotopic (exact) mass is 195 g/mol. The highest BCUT2D eigenvalue weighted by Gasteiger charge is 1.89. The molecule has 0 saturated carbocycles. The maximum atomic E-state index is 10.8. The van der Waals surface area contributed by atoms with Crippen molar-refractivity contribution < 1.29 is 9.53 Å². The first-order valence-corrected chi connectivity index (χ1v) is 4.51. The molecule has 0 aromatic heterocycles. The average molecular weight is 195 g/mol. The summed E-state index contributed by atoms with van der Waals surface area (Å²) >= 11 is 0. The highest BCUT2D eigenvalue weighted by molar-refractivity contribution is 5.82. The van der Waals surface area contributed by atoms with Crippen LogP contribution in [-0.2, 0) is 9.53 Å². The molecule has 0 saturated heterocycles. The highest BCUT2D eigenvalue weighted by atomic mass is 16.5. The van der Waals surface area contributed by atoms with E-state index in [1.165, 1.54) is 6.08 Å². The molecule has 0 aromatic rings. The predicted octanol–water partition coefficient (Wildman–Crippen LogP) is 1.74. The number of carbonyl (C=O) groups excluding carboxylic acids is 1. The third kappa shape index (κ3) is 8.59. The molecule has 0 spiro atoms. The van der Waals surface area contributed by atoms with Crippen LogP contribution in [0, 0.1) is 0 Å². The van der Waals surface area contributed by atoms with Gasteiger partial charge < -0.3 is 9.64 Å². The van der Waals surface area contributed by atoms with E-state index in [0.717, 1.165) is 0 Å². The normalized spacial score (nSPS) is 11.6. The van der Waals surface area contributed by atoms with Gasteiger partial charge in [0, 0.05) is 20.2 Å². The van der Waals surface area contributed by atoms with Crippen LogP contribution in [0.3, 0.4) is 0 Å². The van der Waals surface area contributed by atoms with Crippen LogP contribution < -0.4 is 0 Å². The van der Waals surface area contributed by atoms with Gasteiger partial charge in [0.1, 0.15) is 0 Å². The molecular weight excluding hydrogens is 178 g/mol. The van der Waals surface area contributed by atoms with E-state index in [1.54, 1.807) is 19.1 Å². The molecule has 14 heavy (non-hydrogen) atoms.